The lowest BCUT2D eigenvalue weighted by Gasteiger charge is -2.26. The molecule has 1 aliphatic rings. The maximum Gasteiger partial charge on any atom is 0.231 e. The maximum atomic E-state index is 12.8. The highest BCUT2D eigenvalue weighted by Crippen LogP contribution is 2.24. The molecule has 0 bridgehead atoms. The Hall–Kier alpha value is -2.51. The lowest BCUT2D eigenvalue weighted by molar-refractivity contribution is 0.576. The molecule has 22 heavy (non-hydrogen) atoms. The molecule has 1 atom stereocenters. The van der Waals surface area contributed by atoms with Crippen LogP contribution in [0.2, 0.25) is 0 Å². The summed E-state index contributed by atoms with van der Waals surface area (Å²) in [6.45, 7) is 1.67. The minimum atomic E-state index is -0.575. The van der Waals surface area contributed by atoms with Gasteiger partial charge in [0.2, 0.25) is 5.95 Å². The van der Waals surface area contributed by atoms with Crippen LogP contribution in [0.15, 0.2) is 24.8 Å². The van der Waals surface area contributed by atoms with E-state index in [2.05, 4.69) is 35.5 Å². The molecule has 2 aromatic heterocycles. The Bertz CT molecular complexity index is 619. The summed E-state index contributed by atoms with van der Waals surface area (Å²) in [5.41, 5.74) is 0. The van der Waals surface area contributed by atoms with E-state index in [1.807, 2.05) is 13.1 Å². The first-order chi connectivity index (χ1) is 10.8. The monoisotopic (exact) mass is 303 g/mol. The molecule has 0 saturated carbocycles. The zero-order valence-corrected chi connectivity index (χ0v) is 12.3. The van der Waals surface area contributed by atoms with E-state index in [1.165, 1.54) is 6.20 Å². The van der Waals surface area contributed by atoms with Crippen LogP contribution in [-0.4, -0.2) is 46.1 Å². The Morgan fingerprint density at radius 2 is 2.14 bits per heavy atom. The molecule has 2 N–H and O–H groups in total. The van der Waals surface area contributed by atoms with E-state index in [-0.39, 0.29) is 0 Å². The predicted octanol–water partition coefficient (Wildman–Crippen LogP) is 1.53. The van der Waals surface area contributed by atoms with Gasteiger partial charge < -0.3 is 15.5 Å². The number of aromatic nitrogens is 4. The first-order valence-corrected chi connectivity index (χ1v) is 7.24. The van der Waals surface area contributed by atoms with Crippen LogP contribution in [0.4, 0.5) is 21.8 Å². The molecule has 0 aromatic carbocycles. The lowest BCUT2D eigenvalue weighted by atomic mass is 10.2. The molecule has 0 amide bonds. The van der Waals surface area contributed by atoms with Gasteiger partial charge in [0.1, 0.15) is 23.8 Å². The minimum absolute atomic E-state index is 0.312. The fraction of sp³-hybridized carbons (Fsp3) is 0.429. The third-order valence-electron chi connectivity index (χ3n) is 3.72. The van der Waals surface area contributed by atoms with Gasteiger partial charge in [-0.3, -0.25) is 0 Å². The quantitative estimate of drug-likeness (QED) is 0.867. The van der Waals surface area contributed by atoms with Gasteiger partial charge in [-0.05, 0) is 12.8 Å². The number of rotatable bonds is 5. The molecule has 1 saturated heterocycles. The average molecular weight is 303 g/mol. The van der Waals surface area contributed by atoms with Crippen molar-refractivity contribution in [2.24, 2.45) is 0 Å². The SMILES string of the molecule is CNc1cc(N2CCCC2CNc2cnc(F)cn2)ncn1. The van der Waals surface area contributed by atoms with E-state index in [0.717, 1.165) is 37.2 Å². The second-order valence-corrected chi connectivity index (χ2v) is 5.11. The highest BCUT2D eigenvalue weighted by atomic mass is 19.1. The van der Waals surface area contributed by atoms with Crippen LogP contribution in [-0.2, 0) is 0 Å². The van der Waals surface area contributed by atoms with Crippen LogP contribution in [0, 0.1) is 5.95 Å². The minimum Gasteiger partial charge on any atom is -0.373 e. The smallest absolute Gasteiger partial charge is 0.231 e. The number of hydrogen-bond donors (Lipinski definition) is 2. The van der Waals surface area contributed by atoms with Gasteiger partial charge in [-0.25, -0.2) is 19.9 Å². The Morgan fingerprint density at radius 3 is 2.91 bits per heavy atom. The van der Waals surface area contributed by atoms with Crippen molar-refractivity contribution in [3.8, 4) is 0 Å². The molecule has 3 heterocycles. The van der Waals surface area contributed by atoms with Crippen LogP contribution in [0.3, 0.4) is 0 Å². The van der Waals surface area contributed by atoms with Crippen molar-refractivity contribution in [1.82, 2.24) is 19.9 Å². The Morgan fingerprint density at radius 1 is 1.23 bits per heavy atom. The molecule has 0 aliphatic carbocycles. The van der Waals surface area contributed by atoms with Gasteiger partial charge in [0.15, 0.2) is 0 Å². The molecule has 1 unspecified atom stereocenters. The topological polar surface area (TPSA) is 78.9 Å². The summed E-state index contributed by atoms with van der Waals surface area (Å²) >= 11 is 0. The van der Waals surface area contributed by atoms with E-state index in [4.69, 9.17) is 0 Å². The van der Waals surface area contributed by atoms with Gasteiger partial charge in [-0.15, -0.1) is 0 Å². The van der Waals surface area contributed by atoms with Crippen molar-refractivity contribution in [3.63, 3.8) is 0 Å². The highest BCUT2D eigenvalue weighted by molar-refractivity contribution is 5.50. The summed E-state index contributed by atoms with van der Waals surface area (Å²) in [7, 11) is 1.84. The van der Waals surface area contributed by atoms with E-state index in [0.29, 0.717) is 18.4 Å². The lowest BCUT2D eigenvalue weighted by Crippen LogP contribution is -2.35. The van der Waals surface area contributed by atoms with Crippen LogP contribution in [0.25, 0.3) is 0 Å². The standard InChI is InChI=1S/C14H18FN7/c1-16-12-5-14(21-9-20-12)22-4-2-3-10(22)6-18-13-8-17-11(15)7-19-13/h5,7-10H,2-4,6H2,1H3,(H,18,19)(H,16,20,21). The Kier molecular flexibility index (Phi) is 4.27. The van der Waals surface area contributed by atoms with Crippen LogP contribution in [0.1, 0.15) is 12.8 Å². The highest BCUT2D eigenvalue weighted by Gasteiger charge is 2.25. The van der Waals surface area contributed by atoms with Crippen molar-refractivity contribution in [1.29, 1.82) is 0 Å². The normalized spacial score (nSPS) is 17.5. The van der Waals surface area contributed by atoms with E-state index < -0.39 is 5.95 Å². The number of halogens is 1. The fourth-order valence-corrected chi connectivity index (χ4v) is 2.62. The summed E-state index contributed by atoms with van der Waals surface area (Å²) < 4.78 is 12.8. The van der Waals surface area contributed by atoms with Crippen molar-refractivity contribution in [2.75, 3.05) is 35.7 Å². The summed E-state index contributed by atoms with van der Waals surface area (Å²) in [6, 6.07) is 2.25. The molecule has 3 rings (SSSR count). The summed E-state index contributed by atoms with van der Waals surface area (Å²) in [5, 5.41) is 6.22. The van der Waals surface area contributed by atoms with Gasteiger partial charge in [0, 0.05) is 32.2 Å². The maximum absolute atomic E-state index is 12.8. The molecule has 1 fully saturated rings. The van der Waals surface area contributed by atoms with E-state index in [1.54, 1.807) is 6.33 Å². The van der Waals surface area contributed by atoms with Crippen molar-refractivity contribution >= 4 is 17.5 Å². The predicted molar refractivity (Wildman–Crippen MR) is 82.4 cm³/mol. The zero-order valence-electron chi connectivity index (χ0n) is 12.3. The Balaban J connectivity index is 1.66. The number of hydrogen-bond acceptors (Lipinski definition) is 7. The van der Waals surface area contributed by atoms with Gasteiger partial charge >= 0.3 is 0 Å². The zero-order chi connectivity index (χ0) is 15.4. The molecular formula is C14H18FN7. The number of nitrogens with one attached hydrogen (secondary N) is 2. The third kappa shape index (κ3) is 3.21. The van der Waals surface area contributed by atoms with Gasteiger partial charge in [0.25, 0.3) is 0 Å². The van der Waals surface area contributed by atoms with E-state index >= 15 is 0 Å². The number of nitrogens with zero attached hydrogens (tertiary/aromatic N) is 5. The van der Waals surface area contributed by atoms with Crippen molar-refractivity contribution in [2.45, 2.75) is 18.9 Å². The van der Waals surface area contributed by atoms with Gasteiger partial charge in [0.05, 0.1) is 12.4 Å². The summed E-state index contributed by atoms with van der Waals surface area (Å²) in [5.74, 6) is 1.71. The average Bonchev–Trinajstić information content (AvgIpc) is 3.03. The first-order valence-electron chi connectivity index (χ1n) is 7.24. The molecule has 7 nitrogen and oxygen atoms in total. The van der Waals surface area contributed by atoms with Gasteiger partial charge in [-0.2, -0.15) is 4.39 Å². The van der Waals surface area contributed by atoms with Gasteiger partial charge in [-0.1, -0.05) is 0 Å². The largest absolute Gasteiger partial charge is 0.373 e. The molecule has 1 aliphatic heterocycles. The molecule has 0 radical (unpaired) electrons. The summed E-state index contributed by atoms with van der Waals surface area (Å²) in [6.07, 6.45) is 6.26. The Labute approximate surface area is 128 Å². The fourth-order valence-electron chi connectivity index (χ4n) is 2.62. The van der Waals surface area contributed by atoms with E-state index in [9.17, 15) is 4.39 Å². The third-order valence-corrected chi connectivity index (χ3v) is 3.72. The van der Waals surface area contributed by atoms with Crippen LogP contribution >= 0.6 is 0 Å². The molecular weight excluding hydrogens is 285 g/mol. The summed E-state index contributed by atoms with van der Waals surface area (Å²) in [4.78, 5) is 18.3. The van der Waals surface area contributed by atoms with Crippen molar-refractivity contribution in [3.05, 3.63) is 30.7 Å². The molecule has 116 valence electrons. The molecule has 2 aromatic rings. The molecule has 8 heteroatoms. The second kappa shape index (κ2) is 6.50. The number of anilines is 3. The second-order valence-electron chi connectivity index (χ2n) is 5.11. The van der Waals surface area contributed by atoms with Crippen molar-refractivity contribution < 1.29 is 4.39 Å². The van der Waals surface area contributed by atoms with Crippen LogP contribution in [0.5, 0.6) is 0 Å². The first kappa shape index (κ1) is 14.4. The van der Waals surface area contributed by atoms with Crippen LogP contribution < -0.4 is 15.5 Å². The molecule has 0 spiro atoms.